The summed E-state index contributed by atoms with van der Waals surface area (Å²) in [6.45, 7) is 4.69. The molecule has 2 aliphatic heterocycles. The highest BCUT2D eigenvalue weighted by Gasteiger charge is 2.52. The van der Waals surface area contributed by atoms with Crippen LogP contribution in [0.15, 0.2) is 30.3 Å². The number of hydrogen-bond donors (Lipinski definition) is 0. The number of carbonyl (C=O) groups is 1. The molecule has 1 aromatic carbocycles. The van der Waals surface area contributed by atoms with E-state index >= 15 is 0 Å². The predicted octanol–water partition coefficient (Wildman–Crippen LogP) is 2.93. The third kappa shape index (κ3) is 3.47. The Morgan fingerprint density at radius 2 is 2.00 bits per heavy atom. The molecule has 136 valence electrons. The molecule has 0 spiro atoms. The fraction of sp³-hybridized carbons (Fsp3) is 0.667. The van der Waals surface area contributed by atoms with Gasteiger partial charge in [0.2, 0.25) is 5.91 Å². The molecule has 4 heteroatoms. The zero-order chi connectivity index (χ0) is 17.3. The number of hydrogen-bond acceptors (Lipinski definition) is 3. The van der Waals surface area contributed by atoms with Crippen molar-refractivity contribution in [1.82, 2.24) is 9.80 Å². The first-order valence-electron chi connectivity index (χ1n) is 9.78. The van der Waals surface area contributed by atoms with E-state index in [0.29, 0.717) is 24.5 Å². The summed E-state index contributed by atoms with van der Waals surface area (Å²) in [6, 6.07) is 11.4. The molecule has 1 amide bonds. The van der Waals surface area contributed by atoms with Crippen molar-refractivity contribution in [2.45, 2.75) is 44.7 Å². The standard InChI is InChI=1S/C21H30N2O2/c1-25-16-21(10-11-21)20(24)23-13-9-19-18(15-23)8-5-12-22(19)14-17-6-3-2-4-7-17/h2-4,6-7,18-19H,5,8-16H2,1H3/t18-,19-/m0/s1. The van der Waals surface area contributed by atoms with Crippen LogP contribution < -0.4 is 0 Å². The largest absolute Gasteiger partial charge is 0.384 e. The van der Waals surface area contributed by atoms with Gasteiger partial charge >= 0.3 is 0 Å². The van der Waals surface area contributed by atoms with Crippen LogP contribution in [0.2, 0.25) is 0 Å². The topological polar surface area (TPSA) is 32.8 Å². The Kier molecular flexibility index (Phi) is 4.83. The zero-order valence-electron chi connectivity index (χ0n) is 15.3. The molecule has 2 heterocycles. The molecule has 1 aliphatic carbocycles. The van der Waals surface area contributed by atoms with E-state index in [-0.39, 0.29) is 5.41 Å². The van der Waals surface area contributed by atoms with E-state index in [1.807, 2.05) is 0 Å². The van der Waals surface area contributed by atoms with Crippen molar-refractivity contribution in [2.24, 2.45) is 11.3 Å². The van der Waals surface area contributed by atoms with Crippen molar-refractivity contribution in [3.05, 3.63) is 35.9 Å². The molecular formula is C21H30N2O2. The highest BCUT2D eigenvalue weighted by molar-refractivity contribution is 5.85. The van der Waals surface area contributed by atoms with E-state index in [2.05, 4.69) is 40.1 Å². The zero-order valence-corrected chi connectivity index (χ0v) is 15.3. The average molecular weight is 342 g/mol. The second-order valence-corrected chi connectivity index (χ2v) is 8.18. The van der Waals surface area contributed by atoms with Crippen molar-refractivity contribution in [1.29, 1.82) is 0 Å². The molecule has 1 saturated carbocycles. The summed E-state index contributed by atoms with van der Waals surface area (Å²) in [6.07, 6.45) is 5.64. The lowest BCUT2D eigenvalue weighted by Gasteiger charge is -2.48. The normalized spacial score (nSPS) is 28.4. The predicted molar refractivity (Wildman–Crippen MR) is 98.1 cm³/mol. The molecule has 0 bridgehead atoms. The molecule has 2 saturated heterocycles. The van der Waals surface area contributed by atoms with E-state index < -0.39 is 0 Å². The number of likely N-dealkylation sites (tertiary alicyclic amines) is 2. The maximum absolute atomic E-state index is 13.0. The minimum Gasteiger partial charge on any atom is -0.384 e. The van der Waals surface area contributed by atoms with E-state index in [9.17, 15) is 4.79 Å². The van der Waals surface area contributed by atoms with Crippen molar-refractivity contribution in [3.8, 4) is 0 Å². The molecule has 25 heavy (non-hydrogen) atoms. The molecule has 0 unspecified atom stereocenters. The minimum atomic E-state index is -0.181. The molecule has 3 aliphatic rings. The van der Waals surface area contributed by atoms with Gasteiger partial charge in [-0.3, -0.25) is 9.69 Å². The fourth-order valence-electron chi connectivity index (χ4n) is 4.89. The van der Waals surface area contributed by atoms with Crippen LogP contribution in [-0.4, -0.2) is 55.1 Å². The van der Waals surface area contributed by atoms with Gasteiger partial charge in [-0.1, -0.05) is 30.3 Å². The Balaban J connectivity index is 1.39. The first kappa shape index (κ1) is 17.0. The van der Waals surface area contributed by atoms with Crippen LogP contribution >= 0.6 is 0 Å². The van der Waals surface area contributed by atoms with Gasteiger partial charge in [-0.15, -0.1) is 0 Å². The number of benzene rings is 1. The monoisotopic (exact) mass is 342 g/mol. The fourth-order valence-corrected chi connectivity index (χ4v) is 4.89. The molecular weight excluding hydrogens is 312 g/mol. The van der Waals surface area contributed by atoms with Crippen molar-refractivity contribution >= 4 is 5.91 Å². The van der Waals surface area contributed by atoms with Gasteiger partial charge in [-0.2, -0.15) is 0 Å². The first-order chi connectivity index (χ1) is 12.2. The third-order valence-corrected chi connectivity index (χ3v) is 6.43. The van der Waals surface area contributed by atoms with Gasteiger partial charge in [-0.05, 0) is 50.1 Å². The number of carbonyl (C=O) groups excluding carboxylic acids is 1. The lowest BCUT2D eigenvalue weighted by molar-refractivity contribution is -0.142. The summed E-state index contributed by atoms with van der Waals surface area (Å²) in [5.74, 6) is 0.987. The van der Waals surface area contributed by atoms with E-state index in [1.54, 1.807) is 7.11 Å². The Hall–Kier alpha value is -1.39. The first-order valence-corrected chi connectivity index (χ1v) is 9.78. The van der Waals surface area contributed by atoms with Crippen LogP contribution in [0.5, 0.6) is 0 Å². The Labute approximate surface area is 151 Å². The Bertz CT molecular complexity index is 599. The smallest absolute Gasteiger partial charge is 0.231 e. The third-order valence-electron chi connectivity index (χ3n) is 6.43. The minimum absolute atomic E-state index is 0.181. The van der Waals surface area contributed by atoms with Crippen molar-refractivity contribution in [2.75, 3.05) is 33.4 Å². The highest BCUT2D eigenvalue weighted by Crippen LogP contribution is 2.48. The van der Waals surface area contributed by atoms with Gasteiger partial charge in [0.05, 0.1) is 12.0 Å². The summed E-state index contributed by atoms with van der Waals surface area (Å²) >= 11 is 0. The number of methoxy groups -OCH3 is 1. The van der Waals surface area contributed by atoms with Crippen LogP contribution in [0, 0.1) is 11.3 Å². The molecule has 3 fully saturated rings. The van der Waals surface area contributed by atoms with Crippen LogP contribution in [-0.2, 0) is 16.1 Å². The van der Waals surface area contributed by atoms with E-state index in [0.717, 1.165) is 38.9 Å². The number of ether oxygens (including phenoxy) is 1. The van der Waals surface area contributed by atoms with Gasteiger partial charge < -0.3 is 9.64 Å². The number of fused-ring (bicyclic) bond motifs is 1. The van der Waals surface area contributed by atoms with Crippen LogP contribution in [0.4, 0.5) is 0 Å². The number of nitrogens with zero attached hydrogens (tertiary/aromatic N) is 2. The second kappa shape index (κ2) is 7.08. The highest BCUT2D eigenvalue weighted by atomic mass is 16.5. The maximum Gasteiger partial charge on any atom is 0.231 e. The molecule has 0 aromatic heterocycles. The van der Waals surface area contributed by atoms with Crippen molar-refractivity contribution in [3.63, 3.8) is 0 Å². The van der Waals surface area contributed by atoms with Crippen LogP contribution in [0.3, 0.4) is 0 Å². The molecule has 0 radical (unpaired) electrons. The van der Waals surface area contributed by atoms with Gasteiger partial charge in [0.25, 0.3) is 0 Å². The quantitative estimate of drug-likeness (QED) is 0.825. The summed E-state index contributed by atoms with van der Waals surface area (Å²) in [4.78, 5) is 17.8. The van der Waals surface area contributed by atoms with E-state index in [1.165, 1.54) is 24.9 Å². The number of piperidine rings is 2. The average Bonchev–Trinajstić information content (AvgIpc) is 3.43. The maximum atomic E-state index is 13.0. The summed E-state index contributed by atoms with van der Waals surface area (Å²) in [7, 11) is 1.71. The summed E-state index contributed by atoms with van der Waals surface area (Å²) in [5.41, 5.74) is 1.22. The molecule has 1 aromatic rings. The Morgan fingerprint density at radius 1 is 1.20 bits per heavy atom. The SMILES string of the molecule is COCC1(C(=O)N2CC[C@H]3[C@@H](CCCN3Cc3ccccc3)C2)CC1. The number of amides is 1. The van der Waals surface area contributed by atoms with Gasteiger partial charge in [0.15, 0.2) is 0 Å². The second-order valence-electron chi connectivity index (χ2n) is 8.18. The Morgan fingerprint density at radius 3 is 2.72 bits per heavy atom. The van der Waals surface area contributed by atoms with Crippen LogP contribution in [0.25, 0.3) is 0 Å². The van der Waals surface area contributed by atoms with Crippen molar-refractivity contribution < 1.29 is 9.53 Å². The lowest BCUT2D eigenvalue weighted by atomic mass is 9.83. The molecule has 4 nitrogen and oxygen atoms in total. The van der Waals surface area contributed by atoms with E-state index in [4.69, 9.17) is 4.74 Å². The molecule has 4 rings (SSSR count). The van der Waals surface area contributed by atoms with Crippen LogP contribution in [0.1, 0.15) is 37.7 Å². The lowest BCUT2D eigenvalue weighted by Crippen LogP contribution is -2.56. The number of rotatable bonds is 5. The summed E-state index contributed by atoms with van der Waals surface area (Å²) in [5, 5.41) is 0. The van der Waals surface area contributed by atoms with Gasteiger partial charge in [0, 0.05) is 32.8 Å². The van der Waals surface area contributed by atoms with Gasteiger partial charge in [-0.25, -0.2) is 0 Å². The van der Waals surface area contributed by atoms with Gasteiger partial charge in [0.1, 0.15) is 0 Å². The molecule has 2 atom stereocenters. The summed E-state index contributed by atoms with van der Waals surface area (Å²) < 4.78 is 5.32. The molecule has 0 N–H and O–H groups in total.